The van der Waals surface area contributed by atoms with Crippen LogP contribution in [0.15, 0.2) is 18.5 Å². The van der Waals surface area contributed by atoms with Gasteiger partial charge in [-0.05, 0) is 31.7 Å². The summed E-state index contributed by atoms with van der Waals surface area (Å²) in [6, 6.07) is 2.39. The molecule has 0 spiro atoms. The standard InChI is InChI=1S/C13H23N3O/c1-11(12-5-2-3-6-12)14-9-13(17)10-16-8-4-7-15-16/h4,7-8,11-14,17H,2-3,5-6,9-10H2,1H3/t11-,13?/m0/s1. The van der Waals surface area contributed by atoms with Crippen molar-refractivity contribution in [1.29, 1.82) is 0 Å². The summed E-state index contributed by atoms with van der Waals surface area (Å²) in [6.45, 7) is 3.45. The maximum atomic E-state index is 9.89. The van der Waals surface area contributed by atoms with Crippen LogP contribution in [0.1, 0.15) is 32.6 Å². The predicted octanol–water partition coefficient (Wildman–Crippen LogP) is 1.41. The lowest BCUT2D eigenvalue weighted by atomic mass is 10.00. The molecule has 0 amide bonds. The fourth-order valence-electron chi connectivity index (χ4n) is 2.63. The van der Waals surface area contributed by atoms with Crippen LogP contribution in [0.3, 0.4) is 0 Å². The average molecular weight is 237 g/mol. The van der Waals surface area contributed by atoms with E-state index in [1.54, 1.807) is 10.9 Å². The lowest BCUT2D eigenvalue weighted by Crippen LogP contribution is -2.39. The Morgan fingerprint density at radius 2 is 2.24 bits per heavy atom. The summed E-state index contributed by atoms with van der Waals surface area (Å²) in [7, 11) is 0. The van der Waals surface area contributed by atoms with Crippen LogP contribution in [0.5, 0.6) is 0 Å². The normalized spacial score (nSPS) is 20.6. The number of hydrogen-bond donors (Lipinski definition) is 2. The van der Waals surface area contributed by atoms with Crippen molar-refractivity contribution in [3.63, 3.8) is 0 Å². The SMILES string of the molecule is C[C@H](NCC(O)Cn1cccn1)C1CCCC1. The second-order valence-electron chi connectivity index (χ2n) is 5.12. The van der Waals surface area contributed by atoms with E-state index in [0.29, 0.717) is 19.1 Å². The Morgan fingerprint density at radius 3 is 2.88 bits per heavy atom. The van der Waals surface area contributed by atoms with Crippen LogP contribution in [0.25, 0.3) is 0 Å². The smallest absolute Gasteiger partial charge is 0.0860 e. The highest BCUT2D eigenvalue weighted by Crippen LogP contribution is 2.27. The number of nitrogens with one attached hydrogen (secondary N) is 1. The lowest BCUT2D eigenvalue weighted by Gasteiger charge is -2.22. The first-order valence-electron chi connectivity index (χ1n) is 6.64. The van der Waals surface area contributed by atoms with Gasteiger partial charge in [0, 0.05) is 25.0 Å². The first-order chi connectivity index (χ1) is 8.25. The Hall–Kier alpha value is -0.870. The van der Waals surface area contributed by atoms with Crippen LogP contribution in [0.4, 0.5) is 0 Å². The molecular formula is C13H23N3O. The van der Waals surface area contributed by atoms with Crippen LogP contribution in [0, 0.1) is 5.92 Å². The minimum Gasteiger partial charge on any atom is -0.390 e. The van der Waals surface area contributed by atoms with E-state index in [1.807, 2.05) is 12.3 Å². The Bertz CT molecular complexity index is 306. The summed E-state index contributed by atoms with van der Waals surface area (Å²) in [6.07, 6.45) is 8.66. The quantitative estimate of drug-likeness (QED) is 0.786. The molecule has 4 heteroatoms. The van der Waals surface area contributed by atoms with Gasteiger partial charge in [0.15, 0.2) is 0 Å². The molecule has 1 saturated carbocycles. The lowest BCUT2D eigenvalue weighted by molar-refractivity contribution is 0.140. The topological polar surface area (TPSA) is 50.1 Å². The molecular weight excluding hydrogens is 214 g/mol. The fourth-order valence-corrected chi connectivity index (χ4v) is 2.63. The minimum absolute atomic E-state index is 0.362. The molecule has 1 aromatic heterocycles. The van der Waals surface area contributed by atoms with E-state index < -0.39 is 0 Å². The third kappa shape index (κ3) is 3.82. The van der Waals surface area contributed by atoms with Crippen molar-refractivity contribution in [1.82, 2.24) is 15.1 Å². The van der Waals surface area contributed by atoms with E-state index in [0.717, 1.165) is 5.92 Å². The summed E-state index contributed by atoms with van der Waals surface area (Å²) >= 11 is 0. The summed E-state index contributed by atoms with van der Waals surface area (Å²) in [5.41, 5.74) is 0. The molecule has 0 bridgehead atoms. The van der Waals surface area contributed by atoms with E-state index in [2.05, 4.69) is 17.3 Å². The Kier molecular flexibility index (Phi) is 4.57. The molecule has 0 aromatic carbocycles. The van der Waals surface area contributed by atoms with E-state index in [9.17, 15) is 5.11 Å². The van der Waals surface area contributed by atoms with E-state index in [1.165, 1.54) is 25.7 Å². The summed E-state index contributed by atoms with van der Waals surface area (Å²) in [4.78, 5) is 0. The number of rotatable bonds is 6. The molecule has 1 aromatic rings. The van der Waals surface area contributed by atoms with Crippen molar-refractivity contribution in [3.8, 4) is 0 Å². The van der Waals surface area contributed by atoms with Gasteiger partial charge in [0.2, 0.25) is 0 Å². The molecule has 1 heterocycles. The summed E-state index contributed by atoms with van der Waals surface area (Å²) < 4.78 is 1.77. The van der Waals surface area contributed by atoms with Crippen LogP contribution in [-0.2, 0) is 6.54 Å². The van der Waals surface area contributed by atoms with Crippen LogP contribution in [-0.4, -0.2) is 33.6 Å². The molecule has 96 valence electrons. The van der Waals surface area contributed by atoms with E-state index in [4.69, 9.17) is 0 Å². The Balaban J connectivity index is 1.66. The number of aliphatic hydroxyl groups excluding tert-OH is 1. The molecule has 2 atom stereocenters. The second kappa shape index (κ2) is 6.17. The summed E-state index contributed by atoms with van der Waals surface area (Å²) in [5, 5.41) is 17.4. The highest BCUT2D eigenvalue weighted by molar-refractivity contribution is 4.80. The van der Waals surface area contributed by atoms with Gasteiger partial charge in [0.05, 0.1) is 12.6 Å². The molecule has 1 aliphatic rings. The zero-order valence-electron chi connectivity index (χ0n) is 10.5. The molecule has 0 radical (unpaired) electrons. The van der Waals surface area contributed by atoms with Gasteiger partial charge < -0.3 is 10.4 Å². The molecule has 1 fully saturated rings. The van der Waals surface area contributed by atoms with Gasteiger partial charge in [0.1, 0.15) is 0 Å². The maximum Gasteiger partial charge on any atom is 0.0860 e. The first kappa shape index (κ1) is 12.6. The van der Waals surface area contributed by atoms with Crippen LogP contribution < -0.4 is 5.32 Å². The summed E-state index contributed by atoms with van der Waals surface area (Å²) in [5.74, 6) is 0.798. The van der Waals surface area contributed by atoms with Crippen molar-refractivity contribution in [2.24, 2.45) is 5.92 Å². The number of nitrogens with zero attached hydrogens (tertiary/aromatic N) is 2. The first-order valence-corrected chi connectivity index (χ1v) is 6.64. The molecule has 0 aliphatic heterocycles. The van der Waals surface area contributed by atoms with Gasteiger partial charge in [-0.2, -0.15) is 5.10 Å². The van der Waals surface area contributed by atoms with Gasteiger partial charge in [-0.15, -0.1) is 0 Å². The van der Waals surface area contributed by atoms with Crippen molar-refractivity contribution >= 4 is 0 Å². The van der Waals surface area contributed by atoms with Crippen molar-refractivity contribution in [2.45, 2.75) is 51.3 Å². The number of aromatic nitrogens is 2. The highest BCUT2D eigenvalue weighted by Gasteiger charge is 2.21. The zero-order chi connectivity index (χ0) is 12.1. The number of aliphatic hydroxyl groups is 1. The van der Waals surface area contributed by atoms with Crippen molar-refractivity contribution in [2.75, 3.05) is 6.54 Å². The van der Waals surface area contributed by atoms with Crippen LogP contribution in [0.2, 0.25) is 0 Å². The Labute approximate surface area is 103 Å². The monoisotopic (exact) mass is 237 g/mol. The van der Waals surface area contributed by atoms with Gasteiger partial charge >= 0.3 is 0 Å². The molecule has 17 heavy (non-hydrogen) atoms. The average Bonchev–Trinajstić information content (AvgIpc) is 2.97. The van der Waals surface area contributed by atoms with Gasteiger partial charge in [0.25, 0.3) is 0 Å². The maximum absolute atomic E-state index is 9.89. The van der Waals surface area contributed by atoms with Crippen molar-refractivity contribution < 1.29 is 5.11 Å². The number of hydrogen-bond acceptors (Lipinski definition) is 3. The fraction of sp³-hybridized carbons (Fsp3) is 0.769. The van der Waals surface area contributed by atoms with Crippen molar-refractivity contribution in [3.05, 3.63) is 18.5 Å². The van der Waals surface area contributed by atoms with E-state index >= 15 is 0 Å². The van der Waals surface area contributed by atoms with Gasteiger partial charge in [-0.3, -0.25) is 4.68 Å². The minimum atomic E-state index is -0.362. The molecule has 1 aliphatic carbocycles. The van der Waals surface area contributed by atoms with Crippen LogP contribution >= 0.6 is 0 Å². The zero-order valence-corrected chi connectivity index (χ0v) is 10.5. The molecule has 0 saturated heterocycles. The third-order valence-corrected chi connectivity index (χ3v) is 3.74. The molecule has 2 N–H and O–H groups in total. The largest absolute Gasteiger partial charge is 0.390 e. The predicted molar refractivity (Wildman–Crippen MR) is 67.7 cm³/mol. The molecule has 1 unspecified atom stereocenters. The second-order valence-corrected chi connectivity index (χ2v) is 5.12. The Morgan fingerprint density at radius 1 is 1.47 bits per heavy atom. The van der Waals surface area contributed by atoms with Gasteiger partial charge in [-0.25, -0.2) is 0 Å². The van der Waals surface area contributed by atoms with E-state index in [-0.39, 0.29) is 6.10 Å². The van der Waals surface area contributed by atoms with Gasteiger partial charge in [-0.1, -0.05) is 12.8 Å². The highest BCUT2D eigenvalue weighted by atomic mass is 16.3. The molecule has 2 rings (SSSR count). The third-order valence-electron chi connectivity index (χ3n) is 3.74. The molecule has 4 nitrogen and oxygen atoms in total.